The minimum atomic E-state index is -0.528. The molecule has 1 N–H and O–H groups in total. The van der Waals surface area contributed by atoms with Crippen LogP contribution in [0.4, 0.5) is 5.69 Å². The summed E-state index contributed by atoms with van der Waals surface area (Å²) in [5, 5.41) is 11.9. The summed E-state index contributed by atoms with van der Waals surface area (Å²) < 4.78 is 10.0. The lowest BCUT2D eigenvalue weighted by atomic mass is 10.1. The van der Waals surface area contributed by atoms with Gasteiger partial charge in [-0.3, -0.25) is 9.59 Å². The van der Waals surface area contributed by atoms with Gasteiger partial charge < -0.3 is 14.8 Å². The summed E-state index contributed by atoms with van der Waals surface area (Å²) in [7, 11) is 1.53. The summed E-state index contributed by atoms with van der Waals surface area (Å²) in [6.45, 7) is 1.31. The number of amides is 1. The fraction of sp³-hybridized carbons (Fsp3) is 0.105. The first-order valence-electron chi connectivity index (χ1n) is 7.37. The quantitative estimate of drug-likeness (QED) is 0.392. The molecule has 0 aliphatic heterocycles. The third kappa shape index (κ3) is 5.22. The largest absolute Gasteiger partial charge is 0.497 e. The van der Waals surface area contributed by atoms with E-state index < -0.39 is 11.9 Å². The maximum absolute atomic E-state index is 12.2. The zero-order chi connectivity index (χ0) is 18.2. The van der Waals surface area contributed by atoms with E-state index in [4.69, 9.17) is 9.47 Å². The van der Waals surface area contributed by atoms with Crippen molar-refractivity contribution >= 4 is 23.6 Å². The Bertz CT molecular complexity index is 848. The molecule has 2 aromatic carbocycles. The number of nitriles is 1. The summed E-state index contributed by atoms with van der Waals surface area (Å²) in [6.07, 6.45) is 1.45. The summed E-state index contributed by atoms with van der Waals surface area (Å²) in [6, 6.07) is 15.2. The van der Waals surface area contributed by atoms with Gasteiger partial charge in [0.1, 0.15) is 23.1 Å². The van der Waals surface area contributed by atoms with Crippen molar-refractivity contribution in [1.82, 2.24) is 0 Å². The van der Waals surface area contributed by atoms with Crippen molar-refractivity contribution < 1.29 is 19.1 Å². The average Bonchev–Trinajstić information content (AvgIpc) is 2.60. The maximum Gasteiger partial charge on any atom is 0.308 e. The molecule has 0 aliphatic carbocycles. The number of hydrogen-bond acceptors (Lipinski definition) is 5. The van der Waals surface area contributed by atoms with Crippen molar-refractivity contribution in [1.29, 1.82) is 5.26 Å². The van der Waals surface area contributed by atoms with Crippen LogP contribution in [0.3, 0.4) is 0 Å². The van der Waals surface area contributed by atoms with Crippen LogP contribution in [0, 0.1) is 11.3 Å². The molecular formula is C19H16N2O4. The van der Waals surface area contributed by atoms with Crippen LogP contribution in [-0.2, 0) is 9.59 Å². The Morgan fingerprint density at radius 1 is 1.12 bits per heavy atom. The molecule has 0 aromatic heterocycles. The van der Waals surface area contributed by atoms with Crippen LogP contribution in [0.25, 0.3) is 6.08 Å². The number of anilines is 1. The fourth-order valence-corrected chi connectivity index (χ4v) is 2.01. The van der Waals surface area contributed by atoms with Crippen LogP contribution in [0.2, 0.25) is 0 Å². The van der Waals surface area contributed by atoms with Gasteiger partial charge in [-0.15, -0.1) is 0 Å². The molecule has 2 rings (SSSR count). The summed E-state index contributed by atoms with van der Waals surface area (Å²) in [4.78, 5) is 23.1. The number of benzene rings is 2. The zero-order valence-corrected chi connectivity index (χ0v) is 13.8. The fourth-order valence-electron chi connectivity index (χ4n) is 2.01. The molecule has 0 atom stereocenters. The Labute approximate surface area is 145 Å². The summed E-state index contributed by atoms with van der Waals surface area (Å²) >= 11 is 0. The molecule has 126 valence electrons. The van der Waals surface area contributed by atoms with Crippen molar-refractivity contribution in [3.8, 4) is 17.6 Å². The van der Waals surface area contributed by atoms with Gasteiger partial charge in [-0.2, -0.15) is 5.26 Å². The van der Waals surface area contributed by atoms with Crippen LogP contribution < -0.4 is 14.8 Å². The molecule has 0 spiro atoms. The number of nitrogens with zero attached hydrogens (tertiary/aromatic N) is 1. The van der Waals surface area contributed by atoms with Gasteiger partial charge in [-0.1, -0.05) is 18.2 Å². The van der Waals surface area contributed by atoms with Crippen molar-refractivity contribution in [3.05, 3.63) is 59.7 Å². The van der Waals surface area contributed by atoms with Crippen molar-refractivity contribution in [2.45, 2.75) is 6.92 Å². The van der Waals surface area contributed by atoms with E-state index in [1.165, 1.54) is 20.1 Å². The molecule has 25 heavy (non-hydrogen) atoms. The first kappa shape index (κ1) is 17.8. The summed E-state index contributed by atoms with van der Waals surface area (Å²) in [5.74, 6) is 0.0452. The zero-order valence-electron chi connectivity index (χ0n) is 13.8. The van der Waals surface area contributed by atoms with E-state index in [0.717, 1.165) is 0 Å². The number of esters is 1. The number of hydrogen-bond donors (Lipinski definition) is 1. The highest BCUT2D eigenvalue weighted by atomic mass is 16.5. The highest BCUT2D eigenvalue weighted by Gasteiger charge is 2.10. The second-order valence-corrected chi connectivity index (χ2v) is 5.02. The topological polar surface area (TPSA) is 88.4 Å². The van der Waals surface area contributed by atoms with Crippen molar-refractivity contribution in [3.63, 3.8) is 0 Å². The highest BCUT2D eigenvalue weighted by molar-refractivity contribution is 6.09. The van der Waals surface area contributed by atoms with E-state index in [1.54, 1.807) is 48.5 Å². The molecule has 2 aromatic rings. The number of carbonyl (C=O) groups is 2. The van der Waals surface area contributed by atoms with Gasteiger partial charge in [0.2, 0.25) is 0 Å². The lowest BCUT2D eigenvalue weighted by Crippen LogP contribution is -2.13. The molecular weight excluding hydrogens is 320 g/mol. The Morgan fingerprint density at radius 2 is 1.84 bits per heavy atom. The van der Waals surface area contributed by atoms with Crippen LogP contribution >= 0.6 is 0 Å². The number of carbonyl (C=O) groups excluding carboxylic acids is 2. The van der Waals surface area contributed by atoms with Crippen LogP contribution in [0.15, 0.2) is 54.1 Å². The maximum atomic E-state index is 12.2. The molecule has 6 nitrogen and oxygen atoms in total. The van der Waals surface area contributed by atoms with E-state index in [9.17, 15) is 14.9 Å². The standard InChI is InChI=1S/C19H16N2O4/c1-13(22)25-17-8-6-14(7-9-17)10-15(12-20)19(23)21-16-4-3-5-18(11-16)24-2/h3-11H,1-2H3,(H,21,23)/b15-10+. The Kier molecular flexibility index (Phi) is 5.91. The van der Waals surface area contributed by atoms with Gasteiger partial charge in [0.05, 0.1) is 7.11 Å². The molecule has 0 saturated heterocycles. The molecule has 6 heteroatoms. The molecule has 0 fully saturated rings. The van der Waals surface area contributed by atoms with Crippen LogP contribution in [0.1, 0.15) is 12.5 Å². The molecule has 0 radical (unpaired) electrons. The highest BCUT2D eigenvalue weighted by Crippen LogP contribution is 2.18. The molecule has 0 saturated carbocycles. The van der Waals surface area contributed by atoms with Crippen LogP contribution in [-0.4, -0.2) is 19.0 Å². The van der Waals surface area contributed by atoms with E-state index in [2.05, 4.69) is 5.32 Å². The van der Waals surface area contributed by atoms with Gasteiger partial charge in [-0.05, 0) is 35.9 Å². The van der Waals surface area contributed by atoms with E-state index >= 15 is 0 Å². The minimum absolute atomic E-state index is 0.0527. The van der Waals surface area contributed by atoms with E-state index in [1.807, 2.05) is 6.07 Å². The molecule has 0 unspecified atom stereocenters. The monoisotopic (exact) mass is 336 g/mol. The third-order valence-electron chi connectivity index (χ3n) is 3.15. The normalized spacial score (nSPS) is 10.5. The Hall–Kier alpha value is -3.59. The first-order chi connectivity index (χ1) is 12.0. The van der Waals surface area contributed by atoms with E-state index in [-0.39, 0.29) is 5.57 Å². The van der Waals surface area contributed by atoms with Gasteiger partial charge in [0, 0.05) is 18.7 Å². The number of ether oxygens (including phenoxy) is 2. The van der Waals surface area contributed by atoms with Gasteiger partial charge in [-0.25, -0.2) is 0 Å². The summed E-state index contributed by atoms with van der Waals surface area (Å²) in [5.41, 5.74) is 1.10. The smallest absolute Gasteiger partial charge is 0.308 e. The Morgan fingerprint density at radius 3 is 2.44 bits per heavy atom. The molecule has 0 bridgehead atoms. The Balaban J connectivity index is 2.14. The van der Waals surface area contributed by atoms with Crippen molar-refractivity contribution in [2.75, 3.05) is 12.4 Å². The number of nitrogens with one attached hydrogen (secondary N) is 1. The molecule has 0 heterocycles. The minimum Gasteiger partial charge on any atom is -0.497 e. The SMILES string of the molecule is COc1cccc(NC(=O)/C(C#N)=C/c2ccc(OC(C)=O)cc2)c1. The van der Waals surface area contributed by atoms with Gasteiger partial charge in [0.25, 0.3) is 5.91 Å². The first-order valence-corrected chi connectivity index (χ1v) is 7.37. The van der Waals surface area contributed by atoms with Gasteiger partial charge >= 0.3 is 5.97 Å². The predicted molar refractivity (Wildman–Crippen MR) is 93.0 cm³/mol. The lowest BCUT2D eigenvalue weighted by molar-refractivity contribution is -0.131. The lowest BCUT2D eigenvalue weighted by Gasteiger charge is -2.06. The molecule has 0 aliphatic rings. The van der Waals surface area contributed by atoms with Gasteiger partial charge in [0.15, 0.2) is 0 Å². The van der Waals surface area contributed by atoms with Crippen LogP contribution in [0.5, 0.6) is 11.5 Å². The number of rotatable bonds is 5. The third-order valence-corrected chi connectivity index (χ3v) is 3.15. The predicted octanol–water partition coefficient (Wildman–Crippen LogP) is 3.17. The van der Waals surface area contributed by atoms with E-state index in [0.29, 0.717) is 22.7 Å². The second kappa shape index (κ2) is 8.31. The second-order valence-electron chi connectivity index (χ2n) is 5.02. The average molecular weight is 336 g/mol. The van der Waals surface area contributed by atoms with Crippen molar-refractivity contribution in [2.24, 2.45) is 0 Å². The molecule has 1 amide bonds. The number of methoxy groups -OCH3 is 1.